The molecule has 0 radical (unpaired) electrons. The van der Waals surface area contributed by atoms with Gasteiger partial charge in [0.1, 0.15) is 11.6 Å². The second-order valence-corrected chi connectivity index (χ2v) is 14.5. The minimum absolute atomic E-state index is 0.206. The van der Waals surface area contributed by atoms with Gasteiger partial charge in [-0.15, -0.1) is 0 Å². The summed E-state index contributed by atoms with van der Waals surface area (Å²) >= 11 is 0. The molecule has 0 atom stereocenters. The quantitative estimate of drug-likeness (QED) is 0.131. The number of nitrogens with zero attached hydrogens (tertiary/aromatic N) is 3. The Morgan fingerprint density at radius 3 is 2.06 bits per heavy atom. The van der Waals surface area contributed by atoms with Crippen LogP contribution in [0.2, 0.25) is 0 Å². The van der Waals surface area contributed by atoms with Gasteiger partial charge >= 0.3 is 0 Å². The third kappa shape index (κ3) is 6.76. The molecule has 0 bridgehead atoms. The summed E-state index contributed by atoms with van der Waals surface area (Å²) in [6.07, 6.45) is 2.99. The maximum absolute atomic E-state index is 13.5. The average Bonchev–Trinajstić information content (AvgIpc) is 3.48. The number of nitrogens with one attached hydrogen (secondary N) is 1. The zero-order valence-corrected chi connectivity index (χ0v) is 28.5. The zero-order valence-electron chi connectivity index (χ0n) is 28.5. The van der Waals surface area contributed by atoms with Gasteiger partial charge in [0.05, 0.1) is 17.6 Å². The fourth-order valence-corrected chi connectivity index (χ4v) is 7.28. The number of carbonyl (C=O) groups excluding carboxylic acids is 2. The highest BCUT2D eigenvalue weighted by atomic mass is 16.5. The molecule has 244 valence electrons. The molecule has 6 rings (SSSR count). The van der Waals surface area contributed by atoms with Crippen LogP contribution in [0.15, 0.2) is 78.9 Å². The topological polar surface area (TPSA) is 78.5 Å². The first kappa shape index (κ1) is 32.3. The first-order valence-corrected chi connectivity index (χ1v) is 16.8. The van der Waals surface area contributed by atoms with E-state index in [9.17, 15) is 9.59 Å². The van der Waals surface area contributed by atoms with E-state index in [-0.39, 0.29) is 22.6 Å². The Morgan fingerprint density at radius 1 is 0.809 bits per heavy atom. The smallest absolute Gasteiger partial charge is 0.261 e. The first-order chi connectivity index (χ1) is 22.5. The van der Waals surface area contributed by atoms with Crippen molar-refractivity contribution in [2.24, 2.45) is 10.8 Å². The van der Waals surface area contributed by atoms with Crippen LogP contribution in [0.3, 0.4) is 0 Å². The summed E-state index contributed by atoms with van der Waals surface area (Å²) in [5.74, 6) is 1.19. The molecule has 2 amide bonds. The number of imidazole rings is 1. The minimum Gasteiger partial charge on any atom is -0.493 e. The van der Waals surface area contributed by atoms with E-state index < -0.39 is 0 Å². The van der Waals surface area contributed by atoms with Crippen molar-refractivity contribution >= 4 is 39.3 Å². The van der Waals surface area contributed by atoms with Crippen LogP contribution in [0.4, 0.5) is 5.69 Å². The van der Waals surface area contributed by atoms with E-state index in [1.807, 2.05) is 60.7 Å². The highest BCUT2D eigenvalue weighted by Crippen LogP contribution is 2.38. The number of hydrogen-bond acceptors (Lipinski definition) is 5. The van der Waals surface area contributed by atoms with Gasteiger partial charge in [-0.2, -0.15) is 0 Å². The van der Waals surface area contributed by atoms with Gasteiger partial charge in [-0.05, 0) is 90.1 Å². The number of fused-ring (bicyclic) bond motifs is 1. The van der Waals surface area contributed by atoms with E-state index in [0.29, 0.717) is 24.3 Å². The van der Waals surface area contributed by atoms with E-state index in [0.717, 1.165) is 71.3 Å². The highest BCUT2D eigenvalue weighted by molar-refractivity contribution is 6.25. The number of anilines is 1. The van der Waals surface area contributed by atoms with Crippen molar-refractivity contribution in [1.29, 1.82) is 0 Å². The van der Waals surface area contributed by atoms with Crippen LogP contribution in [-0.2, 0) is 0 Å². The maximum atomic E-state index is 13.5. The summed E-state index contributed by atoms with van der Waals surface area (Å²) in [6, 6.07) is 25.8. The van der Waals surface area contributed by atoms with Gasteiger partial charge in [-0.25, -0.2) is 4.98 Å². The fraction of sp³-hybridized carbons (Fsp3) is 0.375. The van der Waals surface area contributed by atoms with Gasteiger partial charge in [-0.3, -0.25) is 14.5 Å². The molecule has 7 heteroatoms. The van der Waals surface area contributed by atoms with Crippen LogP contribution in [0.25, 0.3) is 33.2 Å². The molecule has 0 aliphatic carbocycles. The Morgan fingerprint density at radius 2 is 1.45 bits per heavy atom. The molecule has 0 fully saturated rings. The molecule has 5 aromatic rings. The number of hydrogen-bond donors (Lipinski definition) is 1. The molecule has 47 heavy (non-hydrogen) atoms. The Bertz CT molecular complexity index is 1860. The van der Waals surface area contributed by atoms with Gasteiger partial charge in [0.25, 0.3) is 11.8 Å². The Balaban J connectivity index is 1.09. The summed E-state index contributed by atoms with van der Waals surface area (Å²) in [5, 5.41) is 1.68. The van der Waals surface area contributed by atoms with Gasteiger partial charge < -0.3 is 14.6 Å². The lowest BCUT2D eigenvalue weighted by Crippen LogP contribution is -2.46. The Labute approximate surface area is 277 Å². The number of amides is 2. The number of imide groups is 1. The molecule has 0 saturated carbocycles. The van der Waals surface area contributed by atoms with Crippen molar-refractivity contribution in [2.45, 2.75) is 60.8 Å². The van der Waals surface area contributed by atoms with Gasteiger partial charge in [0.2, 0.25) is 0 Å². The molecule has 0 saturated heterocycles. The number of ether oxygens (including phenoxy) is 1. The van der Waals surface area contributed by atoms with Gasteiger partial charge in [0, 0.05) is 47.4 Å². The normalized spacial score (nSPS) is 13.5. The van der Waals surface area contributed by atoms with Crippen molar-refractivity contribution in [2.75, 3.05) is 31.1 Å². The van der Waals surface area contributed by atoms with Crippen LogP contribution in [0, 0.1) is 10.8 Å². The SMILES string of the molecule is CCCN(CCC)c1ccc2nc(-c3ccc(OCC(C)(C)CC(C)(C)CN4C(=O)c5cccc6cccc(c56)C4=O)cc3)[nH]c2c1. The second-order valence-electron chi connectivity index (χ2n) is 14.5. The number of aromatic amines is 1. The molecule has 1 N–H and O–H groups in total. The molecule has 1 aliphatic heterocycles. The second kappa shape index (κ2) is 12.9. The number of carbonyl (C=O) groups is 2. The third-order valence-corrected chi connectivity index (χ3v) is 8.97. The summed E-state index contributed by atoms with van der Waals surface area (Å²) in [6.45, 7) is 15.9. The standard InChI is InChI=1S/C40H46N4O3/c1-7-21-43(22-8-2)29-17-20-33-34(23-29)42-36(41-33)28-15-18-30(19-16-28)47-26-40(5,6)24-39(3,4)25-44-37(45)31-13-9-11-27-12-10-14-32(35(27)31)38(44)46/h9-20,23H,7-8,21-22,24-26H2,1-6H3,(H,41,42). The summed E-state index contributed by atoms with van der Waals surface area (Å²) in [5.41, 5.74) is 4.87. The molecular formula is C40H46N4O3. The van der Waals surface area contributed by atoms with Crippen molar-refractivity contribution in [3.63, 3.8) is 0 Å². The average molecular weight is 631 g/mol. The molecule has 0 unspecified atom stereocenters. The van der Waals surface area contributed by atoms with Crippen LogP contribution >= 0.6 is 0 Å². The maximum Gasteiger partial charge on any atom is 0.261 e. The molecular weight excluding hydrogens is 584 g/mol. The number of aromatic nitrogens is 2. The predicted octanol–water partition coefficient (Wildman–Crippen LogP) is 9.13. The van der Waals surface area contributed by atoms with Crippen LogP contribution in [0.5, 0.6) is 5.75 Å². The molecule has 4 aromatic carbocycles. The van der Waals surface area contributed by atoms with Gasteiger partial charge in [-0.1, -0.05) is 65.8 Å². The number of H-pyrrole nitrogens is 1. The zero-order chi connectivity index (χ0) is 33.3. The Hall–Kier alpha value is -4.65. The first-order valence-electron chi connectivity index (χ1n) is 16.8. The molecule has 1 aromatic heterocycles. The molecule has 2 heterocycles. The van der Waals surface area contributed by atoms with E-state index >= 15 is 0 Å². The van der Waals surface area contributed by atoms with Crippen molar-refractivity contribution < 1.29 is 14.3 Å². The summed E-state index contributed by atoms with van der Waals surface area (Å²) in [4.78, 5) is 39.2. The number of rotatable bonds is 13. The van der Waals surface area contributed by atoms with Crippen molar-refractivity contribution in [1.82, 2.24) is 14.9 Å². The van der Waals surface area contributed by atoms with Crippen molar-refractivity contribution in [3.05, 3.63) is 90.0 Å². The lowest BCUT2D eigenvalue weighted by Gasteiger charge is -2.38. The van der Waals surface area contributed by atoms with E-state index in [2.05, 4.69) is 69.6 Å². The van der Waals surface area contributed by atoms with Gasteiger partial charge in [0.15, 0.2) is 0 Å². The van der Waals surface area contributed by atoms with Crippen LogP contribution < -0.4 is 9.64 Å². The number of benzene rings is 4. The van der Waals surface area contributed by atoms with E-state index in [4.69, 9.17) is 9.72 Å². The molecule has 0 spiro atoms. The monoisotopic (exact) mass is 630 g/mol. The fourth-order valence-electron chi connectivity index (χ4n) is 7.28. The summed E-state index contributed by atoms with van der Waals surface area (Å²) < 4.78 is 6.29. The lowest BCUT2D eigenvalue weighted by atomic mass is 9.75. The third-order valence-electron chi connectivity index (χ3n) is 8.97. The highest BCUT2D eigenvalue weighted by Gasteiger charge is 2.38. The van der Waals surface area contributed by atoms with Crippen LogP contribution in [-0.4, -0.2) is 52.9 Å². The Kier molecular flexibility index (Phi) is 8.84. The summed E-state index contributed by atoms with van der Waals surface area (Å²) in [7, 11) is 0. The molecule has 1 aliphatic rings. The minimum atomic E-state index is -0.326. The molecule has 7 nitrogen and oxygen atoms in total. The van der Waals surface area contributed by atoms with E-state index in [1.54, 1.807) is 0 Å². The largest absolute Gasteiger partial charge is 0.493 e. The van der Waals surface area contributed by atoms with Crippen LogP contribution in [0.1, 0.15) is 81.5 Å². The van der Waals surface area contributed by atoms with E-state index in [1.165, 1.54) is 10.6 Å². The lowest BCUT2D eigenvalue weighted by molar-refractivity contribution is 0.0471. The van der Waals surface area contributed by atoms with Crippen molar-refractivity contribution in [3.8, 4) is 17.1 Å². The predicted molar refractivity (Wildman–Crippen MR) is 191 cm³/mol.